The highest BCUT2D eigenvalue weighted by Crippen LogP contribution is 2.34. The summed E-state index contributed by atoms with van der Waals surface area (Å²) in [6.07, 6.45) is 3.95. The summed E-state index contributed by atoms with van der Waals surface area (Å²) in [5.41, 5.74) is 2.29. The summed E-state index contributed by atoms with van der Waals surface area (Å²) in [5.74, 6) is 0.321. The van der Waals surface area contributed by atoms with Crippen LogP contribution in [0.4, 0.5) is 0 Å². The number of hydrogen-bond acceptors (Lipinski definition) is 5. The number of H-pyrrole nitrogens is 1. The zero-order valence-electron chi connectivity index (χ0n) is 16.4. The van der Waals surface area contributed by atoms with E-state index in [0.29, 0.717) is 49.4 Å². The molecule has 2 aromatic rings. The lowest BCUT2D eigenvalue weighted by Gasteiger charge is -2.27. The topological polar surface area (TPSA) is 108 Å². The minimum atomic E-state index is -3.32. The van der Waals surface area contributed by atoms with Crippen LogP contribution in [0, 0.1) is 5.92 Å². The predicted octanol–water partition coefficient (Wildman–Crippen LogP) is 0.804. The number of fused-ring (bicyclic) bond motifs is 2. The van der Waals surface area contributed by atoms with Gasteiger partial charge in [-0.2, -0.15) is 4.31 Å². The molecular formula is C19H25N5O4S. The maximum atomic E-state index is 13.1. The lowest BCUT2D eigenvalue weighted by Crippen LogP contribution is -2.40. The fourth-order valence-electron chi connectivity index (χ4n) is 4.50. The molecule has 29 heavy (non-hydrogen) atoms. The van der Waals surface area contributed by atoms with Crippen molar-refractivity contribution >= 4 is 21.6 Å². The first-order valence-corrected chi connectivity index (χ1v) is 11.9. The number of amides is 1. The van der Waals surface area contributed by atoms with Gasteiger partial charge in [-0.3, -0.25) is 14.7 Å². The molecule has 156 valence electrons. The summed E-state index contributed by atoms with van der Waals surface area (Å²) in [6.45, 7) is 3.03. The van der Waals surface area contributed by atoms with Gasteiger partial charge in [0.1, 0.15) is 0 Å². The van der Waals surface area contributed by atoms with Gasteiger partial charge in [0.25, 0.3) is 5.56 Å². The second-order valence-corrected chi connectivity index (χ2v) is 10.4. The molecular weight excluding hydrogens is 394 g/mol. The standard InChI is InChI=1S/C19H25N5O4S/c1-2-29(27,28)23-8-3-4-16(23)15-10-17-20-14-7-9-22(18(25)12-5-6-12)11-13(14)19(26)24(17)21-15/h10,12,16,21H,2-9,11H2,1H3/t16-/m0/s1. The van der Waals surface area contributed by atoms with Crippen LogP contribution in [0.15, 0.2) is 10.9 Å². The predicted molar refractivity (Wildman–Crippen MR) is 106 cm³/mol. The number of nitrogens with one attached hydrogen (secondary N) is 1. The van der Waals surface area contributed by atoms with Gasteiger partial charge in [-0.1, -0.05) is 0 Å². The molecule has 2 aromatic heterocycles. The minimum absolute atomic E-state index is 0.0566. The summed E-state index contributed by atoms with van der Waals surface area (Å²) >= 11 is 0. The van der Waals surface area contributed by atoms with Crippen molar-refractivity contribution < 1.29 is 13.2 Å². The maximum Gasteiger partial charge on any atom is 0.277 e. The highest BCUT2D eigenvalue weighted by molar-refractivity contribution is 7.89. The molecule has 1 aliphatic carbocycles. The molecule has 5 rings (SSSR count). The number of aromatic amines is 1. The first kappa shape index (κ1) is 18.8. The van der Waals surface area contributed by atoms with E-state index in [4.69, 9.17) is 0 Å². The van der Waals surface area contributed by atoms with Crippen molar-refractivity contribution in [3.8, 4) is 0 Å². The monoisotopic (exact) mass is 419 g/mol. The van der Waals surface area contributed by atoms with Crippen LogP contribution in [0.5, 0.6) is 0 Å². The Morgan fingerprint density at radius 2 is 2.07 bits per heavy atom. The first-order chi connectivity index (χ1) is 13.9. The SMILES string of the molecule is CCS(=O)(=O)N1CCC[C@H]1c1cc2nc3c(c(=O)n2[nH]1)CN(C(=O)C1CC1)CC3. The van der Waals surface area contributed by atoms with Gasteiger partial charge in [0.15, 0.2) is 5.65 Å². The highest BCUT2D eigenvalue weighted by atomic mass is 32.2. The van der Waals surface area contributed by atoms with E-state index in [1.165, 1.54) is 8.82 Å². The van der Waals surface area contributed by atoms with Crippen LogP contribution in [-0.2, 0) is 27.8 Å². The molecule has 0 unspecified atom stereocenters. The number of carbonyl (C=O) groups is 1. The molecule has 0 radical (unpaired) electrons. The Kier molecular flexibility index (Phi) is 4.32. The van der Waals surface area contributed by atoms with Crippen molar-refractivity contribution in [2.24, 2.45) is 5.92 Å². The summed E-state index contributed by atoms with van der Waals surface area (Å²) in [4.78, 5) is 31.9. The molecule has 0 spiro atoms. The molecule has 1 saturated heterocycles. The average molecular weight is 420 g/mol. The molecule has 2 fully saturated rings. The largest absolute Gasteiger partial charge is 0.337 e. The summed E-state index contributed by atoms with van der Waals surface area (Å²) in [6, 6.07) is 1.49. The lowest BCUT2D eigenvalue weighted by molar-refractivity contribution is -0.133. The lowest BCUT2D eigenvalue weighted by atomic mass is 10.1. The van der Waals surface area contributed by atoms with E-state index >= 15 is 0 Å². The van der Waals surface area contributed by atoms with Crippen molar-refractivity contribution in [1.82, 2.24) is 23.8 Å². The Hall–Kier alpha value is -2.20. The van der Waals surface area contributed by atoms with Gasteiger partial charge >= 0.3 is 0 Å². The Morgan fingerprint density at radius 1 is 1.28 bits per heavy atom. The quantitative estimate of drug-likeness (QED) is 0.789. The normalized spacial score (nSPS) is 22.9. The number of rotatable bonds is 4. The summed E-state index contributed by atoms with van der Waals surface area (Å²) in [5, 5.41) is 3.09. The fourth-order valence-corrected chi connectivity index (χ4v) is 5.84. The van der Waals surface area contributed by atoms with E-state index < -0.39 is 10.0 Å². The van der Waals surface area contributed by atoms with Crippen molar-refractivity contribution in [3.05, 3.63) is 33.4 Å². The van der Waals surface area contributed by atoms with E-state index in [9.17, 15) is 18.0 Å². The molecule has 0 aromatic carbocycles. The van der Waals surface area contributed by atoms with Crippen molar-refractivity contribution in [1.29, 1.82) is 0 Å². The maximum absolute atomic E-state index is 13.1. The van der Waals surface area contributed by atoms with Crippen LogP contribution >= 0.6 is 0 Å². The van der Waals surface area contributed by atoms with Crippen molar-refractivity contribution in [3.63, 3.8) is 0 Å². The second kappa shape index (κ2) is 6.66. The molecule has 1 atom stereocenters. The van der Waals surface area contributed by atoms with Crippen molar-refractivity contribution in [2.75, 3.05) is 18.8 Å². The van der Waals surface area contributed by atoms with Crippen LogP contribution in [0.25, 0.3) is 5.65 Å². The van der Waals surface area contributed by atoms with Gasteiger partial charge in [-0.05, 0) is 32.6 Å². The number of nitrogens with zero attached hydrogens (tertiary/aromatic N) is 4. The summed E-state index contributed by atoms with van der Waals surface area (Å²) < 4.78 is 27.8. The van der Waals surface area contributed by atoms with E-state index in [2.05, 4.69) is 10.1 Å². The Labute approximate surface area is 168 Å². The number of hydrogen-bond donors (Lipinski definition) is 1. The molecule has 3 aliphatic rings. The first-order valence-electron chi connectivity index (χ1n) is 10.3. The number of carbonyl (C=O) groups excluding carboxylic acids is 1. The Balaban J connectivity index is 1.51. The van der Waals surface area contributed by atoms with Crippen molar-refractivity contribution in [2.45, 2.75) is 51.6 Å². The van der Waals surface area contributed by atoms with Crippen LogP contribution in [0.2, 0.25) is 0 Å². The molecule has 4 heterocycles. The van der Waals surface area contributed by atoms with E-state index in [-0.39, 0.29) is 29.2 Å². The number of aromatic nitrogens is 3. The van der Waals surface area contributed by atoms with Crippen LogP contribution in [-0.4, -0.2) is 57.0 Å². The van der Waals surface area contributed by atoms with Gasteiger partial charge in [0.2, 0.25) is 15.9 Å². The van der Waals surface area contributed by atoms with Crippen LogP contribution < -0.4 is 5.56 Å². The molecule has 2 aliphatic heterocycles. The average Bonchev–Trinajstić information content (AvgIpc) is 3.27. The molecule has 9 nitrogen and oxygen atoms in total. The van der Waals surface area contributed by atoms with Crippen LogP contribution in [0.3, 0.4) is 0 Å². The minimum Gasteiger partial charge on any atom is -0.337 e. The highest BCUT2D eigenvalue weighted by Gasteiger charge is 2.37. The smallest absolute Gasteiger partial charge is 0.277 e. The molecule has 1 saturated carbocycles. The van der Waals surface area contributed by atoms with E-state index in [1.807, 2.05) is 0 Å². The van der Waals surface area contributed by atoms with Crippen LogP contribution in [0.1, 0.15) is 55.6 Å². The Morgan fingerprint density at radius 3 is 2.79 bits per heavy atom. The summed E-state index contributed by atoms with van der Waals surface area (Å²) in [7, 11) is -3.32. The molecule has 1 N–H and O–H groups in total. The zero-order valence-corrected chi connectivity index (χ0v) is 17.2. The van der Waals surface area contributed by atoms with E-state index in [1.54, 1.807) is 17.9 Å². The Bertz CT molecular complexity index is 1150. The molecule has 0 bridgehead atoms. The van der Waals surface area contributed by atoms with Gasteiger partial charge in [0, 0.05) is 31.5 Å². The molecule has 1 amide bonds. The van der Waals surface area contributed by atoms with E-state index in [0.717, 1.165) is 25.0 Å². The third kappa shape index (κ3) is 3.09. The third-order valence-corrected chi connectivity index (χ3v) is 8.19. The third-order valence-electron chi connectivity index (χ3n) is 6.30. The number of sulfonamides is 1. The van der Waals surface area contributed by atoms with Gasteiger partial charge in [-0.25, -0.2) is 17.9 Å². The zero-order chi connectivity index (χ0) is 20.3. The fraction of sp³-hybridized carbons (Fsp3) is 0.632. The van der Waals surface area contributed by atoms with Gasteiger partial charge in [-0.15, -0.1) is 0 Å². The van der Waals surface area contributed by atoms with Gasteiger partial charge < -0.3 is 4.90 Å². The van der Waals surface area contributed by atoms with Gasteiger partial charge in [0.05, 0.1) is 35.3 Å². The molecule has 10 heteroatoms. The second-order valence-electron chi connectivity index (χ2n) is 8.20.